The zero-order chi connectivity index (χ0) is 15.5. The first kappa shape index (κ1) is 15.7. The van der Waals surface area contributed by atoms with Crippen LogP contribution in [0.4, 0.5) is 13.2 Å². The van der Waals surface area contributed by atoms with Gasteiger partial charge in [-0.05, 0) is 12.8 Å². The molecule has 1 saturated heterocycles. The van der Waals surface area contributed by atoms with Crippen LogP contribution in [0.15, 0.2) is 6.33 Å². The van der Waals surface area contributed by atoms with Gasteiger partial charge in [-0.2, -0.15) is 13.2 Å². The average molecular weight is 306 g/mol. The lowest BCUT2D eigenvalue weighted by molar-refractivity contribution is -0.178. The molecular weight excluding hydrogens is 289 g/mol. The molecule has 1 amide bonds. The molecular formula is C12H17F3N4O2. The van der Waals surface area contributed by atoms with Crippen molar-refractivity contribution >= 4 is 5.91 Å². The second-order valence-electron chi connectivity index (χ2n) is 5.06. The molecule has 9 heteroatoms. The van der Waals surface area contributed by atoms with Crippen LogP contribution >= 0.6 is 0 Å². The molecule has 118 valence electrons. The fraction of sp³-hybridized carbons (Fsp3) is 0.750. The molecule has 2 heterocycles. The Kier molecular flexibility index (Phi) is 4.81. The number of hydrogen-bond acceptors (Lipinski definition) is 4. The summed E-state index contributed by atoms with van der Waals surface area (Å²) in [5, 5.41) is 7.87. The number of ether oxygens (including phenoxy) is 1. The second-order valence-corrected chi connectivity index (χ2v) is 5.06. The largest absolute Gasteiger partial charge is 0.411 e. The number of aromatic nitrogens is 3. The van der Waals surface area contributed by atoms with Gasteiger partial charge in [0.25, 0.3) is 0 Å². The number of halogens is 3. The number of alkyl halides is 3. The Morgan fingerprint density at radius 1 is 1.43 bits per heavy atom. The Balaban J connectivity index is 1.76. The van der Waals surface area contributed by atoms with Crippen LogP contribution in [0.2, 0.25) is 0 Å². The number of carbonyl (C=O) groups is 1. The van der Waals surface area contributed by atoms with Gasteiger partial charge in [0.2, 0.25) is 5.91 Å². The Morgan fingerprint density at radius 2 is 2.10 bits per heavy atom. The number of rotatable bonds is 4. The predicted molar refractivity (Wildman–Crippen MR) is 66.4 cm³/mol. The molecule has 0 N–H and O–H groups in total. The molecule has 21 heavy (non-hydrogen) atoms. The topological polar surface area (TPSA) is 60.2 Å². The van der Waals surface area contributed by atoms with Crippen molar-refractivity contribution in [3.63, 3.8) is 0 Å². The molecule has 0 atom stereocenters. The molecule has 0 bridgehead atoms. The van der Waals surface area contributed by atoms with Crippen LogP contribution in [0.1, 0.15) is 24.6 Å². The van der Waals surface area contributed by atoms with Crippen LogP contribution in [0.25, 0.3) is 0 Å². The molecule has 1 aromatic rings. The second kappa shape index (κ2) is 6.42. The molecule has 0 aliphatic carbocycles. The van der Waals surface area contributed by atoms with Gasteiger partial charge in [-0.3, -0.25) is 4.79 Å². The van der Waals surface area contributed by atoms with Gasteiger partial charge in [0.1, 0.15) is 25.4 Å². The summed E-state index contributed by atoms with van der Waals surface area (Å²) in [6.07, 6.45) is -1.34. The highest BCUT2D eigenvalue weighted by molar-refractivity contribution is 5.77. The van der Waals surface area contributed by atoms with Gasteiger partial charge < -0.3 is 14.2 Å². The third-order valence-electron chi connectivity index (χ3n) is 3.45. The number of carbonyl (C=O) groups excluding carboxylic acids is 1. The van der Waals surface area contributed by atoms with Gasteiger partial charge >= 0.3 is 6.18 Å². The smallest absolute Gasteiger partial charge is 0.362 e. The number of aryl methyl sites for hydroxylation is 1. The number of piperidine rings is 1. The van der Waals surface area contributed by atoms with E-state index in [9.17, 15) is 18.0 Å². The lowest BCUT2D eigenvalue weighted by Gasteiger charge is -2.31. The molecule has 1 aliphatic rings. The van der Waals surface area contributed by atoms with E-state index in [1.165, 1.54) is 4.90 Å². The number of likely N-dealkylation sites (tertiary alicyclic amines) is 1. The molecule has 1 fully saturated rings. The van der Waals surface area contributed by atoms with E-state index in [1.807, 2.05) is 11.6 Å². The molecule has 0 unspecified atom stereocenters. The van der Waals surface area contributed by atoms with Crippen molar-refractivity contribution in [3.8, 4) is 0 Å². The first-order chi connectivity index (χ1) is 9.87. The van der Waals surface area contributed by atoms with Crippen molar-refractivity contribution in [1.29, 1.82) is 0 Å². The van der Waals surface area contributed by atoms with E-state index in [-0.39, 0.29) is 5.92 Å². The van der Waals surface area contributed by atoms with Gasteiger partial charge in [0.15, 0.2) is 0 Å². The summed E-state index contributed by atoms with van der Waals surface area (Å²) in [6, 6.07) is 0. The highest BCUT2D eigenvalue weighted by atomic mass is 19.4. The fourth-order valence-electron chi connectivity index (χ4n) is 2.39. The lowest BCUT2D eigenvalue weighted by atomic mass is 9.96. The van der Waals surface area contributed by atoms with Crippen molar-refractivity contribution in [2.24, 2.45) is 7.05 Å². The summed E-state index contributed by atoms with van der Waals surface area (Å²) in [4.78, 5) is 13.3. The summed E-state index contributed by atoms with van der Waals surface area (Å²) >= 11 is 0. The highest BCUT2D eigenvalue weighted by Crippen LogP contribution is 2.26. The van der Waals surface area contributed by atoms with Crippen LogP contribution in [0.3, 0.4) is 0 Å². The minimum Gasteiger partial charge on any atom is -0.362 e. The van der Waals surface area contributed by atoms with E-state index in [2.05, 4.69) is 14.9 Å². The minimum absolute atomic E-state index is 0.220. The Morgan fingerprint density at radius 3 is 2.62 bits per heavy atom. The van der Waals surface area contributed by atoms with Crippen molar-refractivity contribution in [1.82, 2.24) is 19.7 Å². The maximum Gasteiger partial charge on any atom is 0.411 e. The van der Waals surface area contributed by atoms with E-state index >= 15 is 0 Å². The number of hydrogen-bond donors (Lipinski definition) is 0. The van der Waals surface area contributed by atoms with Crippen LogP contribution in [0, 0.1) is 0 Å². The standard InChI is InChI=1S/C12H17F3N4O2/c1-18-8-16-17-11(18)9-2-4-19(5-3-9)10(20)6-21-7-12(13,14)15/h8-9H,2-7H2,1H3. The Hall–Kier alpha value is -1.64. The van der Waals surface area contributed by atoms with Gasteiger partial charge in [-0.15, -0.1) is 10.2 Å². The first-order valence-electron chi connectivity index (χ1n) is 6.63. The molecule has 0 spiro atoms. The number of amides is 1. The van der Waals surface area contributed by atoms with Crippen molar-refractivity contribution in [3.05, 3.63) is 12.2 Å². The average Bonchev–Trinajstić information content (AvgIpc) is 2.83. The predicted octanol–water partition coefficient (Wildman–Crippen LogP) is 1.10. The van der Waals surface area contributed by atoms with E-state index in [1.54, 1.807) is 6.33 Å². The summed E-state index contributed by atoms with van der Waals surface area (Å²) in [6.45, 7) is -0.945. The quantitative estimate of drug-likeness (QED) is 0.836. The zero-order valence-electron chi connectivity index (χ0n) is 11.6. The van der Waals surface area contributed by atoms with Gasteiger partial charge in [0, 0.05) is 26.1 Å². The van der Waals surface area contributed by atoms with E-state index in [4.69, 9.17) is 0 Å². The van der Waals surface area contributed by atoms with Gasteiger partial charge in [-0.25, -0.2) is 0 Å². The maximum absolute atomic E-state index is 11.9. The molecule has 0 saturated carbocycles. The molecule has 0 aromatic carbocycles. The number of nitrogens with zero attached hydrogens (tertiary/aromatic N) is 4. The summed E-state index contributed by atoms with van der Waals surface area (Å²) in [5.41, 5.74) is 0. The lowest BCUT2D eigenvalue weighted by Crippen LogP contribution is -2.40. The monoisotopic (exact) mass is 306 g/mol. The molecule has 1 aliphatic heterocycles. The maximum atomic E-state index is 11.9. The van der Waals surface area contributed by atoms with E-state index in [0.29, 0.717) is 13.1 Å². The third kappa shape index (κ3) is 4.42. The Labute approximate surface area is 119 Å². The van der Waals surface area contributed by atoms with Crippen molar-refractivity contribution < 1.29 is 22.7 Å². The Bertz CT molecular complexity index is 481. The van der Waals surface area contributed by atoms with Gasteiger partial charge in [-0.1, -0.05) is 0 Å². The fourth-order valence-corrected chi connectivity index (χ4v) is 2.39. The van der Waals surface area contributed by atoms with E-state index in [0.717, 1.165) is 18.7 Å². The molecule has 0 radical (unpaired) electrons. The van der Waals surface area contributed by atoms with Crippen molar-refractivity contribution in [2.75, 3.05) is 26.3 Å². The molecule has 2 rings (SSSR count). The molecule has 6 nitrogen and oxygen atoms in total. The third-order valence-corrected chi connectivity index (χ3v) is 3.45. The molecule has 1 aromatic heterocycles. The summed E-state index contributed by atoms with van der Waals surface area (Å²) in [5.74, 6) is 0.684. The van der Waals surface area contributed by atoms with Crippen LogP contribution in [-0.4, -0.2) is 58.1 Å². The van der Waals surface area contributed by atoms with Crippen LogP contribution in [-0.2, 0) is 16.6 Å². The summed E-state index contributed by atoms with van der Waals surface area (Å²) < 4.78 is 42.0. The highest BCUT2D eigenvalue weighted by Gasteiger charge is 2.29. The van der Waals surface area contributed by atoms with Crippen LogP contribution in [0.5, 0.6) is 0 Å². The van der Waals surface area contributed by atoms with Crippen LogP contribution < -0.4 is 0 Å². The summed E-state index contributed by atoms with van der Waals surface area (Å²) in [7, 11) is 1.86. The minimum atomic E-state index is -4.40. The normalized spacial score (nSPS) is 17.2. The SMILES string of the molecule is Cn1cnnc1C1CCN(C(=O)COCC(F)(F)F)CC1. The zero-order valence-corrected chi connectivity index (χ0v) is 11.6. The van der Waals surface area contributed by atoms with Gasteiger partial charge in [0.05, 0.1) is 0 Å². The first-order valence-corrected chi connectivity index (χ1v) is 6.63. The van der Waals surface area contributed by atoms with E-state index < -0.39 is 25.3 Å². The van der Waals surface area contributed by atoms with Crippen molar-refractivity contribution in [2.45, 2.75) is 24.9 Å².